The van der Waals surface area contributed by atoms with E-state index in [2.05, 4.69) is 52.5 Å². The summed E-state index contributed by atoms with van der Waals surface area (Å²) in [5, 5.41) is 8.07. The first-order chi connectivity index (χ1) is 9.74. The van der Waals surface area contributed by atoms with E-state index in [1.807, 2.05) is 12.1 Å². The number of nitrogen functional groups attached to an aromatic ring is 1. The summed E-state index contributed by atoms with van der Waals surface area (Å²) in [6.45, 7) is 0.924. The van der Waals surface area contributed by atoms with Crippen LogP contribution in [0.4, 0.5) is 11.4 Å². The van der Waals surface area contributed by atoms with Gasteiger partial charge < -0.3 is 10.6 Å². The van der Waals surface area contributed by atoms with Crippen LogP contribution in [0.15, 0.2) is 48.7 Å². The molecule has 0 unspecified atom stereocenters. The van der Waals surface area contributed by atoms with Gasteiger partial charge in [-0.05, 0) is 24.1 Å². The highest BCUT2D eigenvalue weighted by Crippen LogP contribution is 2.27. The maximum absolute atomic E-state index is 6.13. The second-order valence-corrected chi connectivity index (χ2v) is 5.03. The van der Waals surface area contributed by atoms with Crippen LogP contribution >= 0.6 is 0 Å². The van der Waals surface area contributed by atoms with Crippen LogP contribution in [-0.4, -0.2) is 23.8 Å². The molecule has 1 aromatic heterocycles. The third-order valence-corrected chi connectivity index (χ3v) is 3.58. The number of nitrogens with one attached hydrogen (secondary N) is 1. The van der Waals surface area contributed by atoms with Crippen molar-refractivity contribution in [1.82, 2.24) is 10.2 Å². The zero-order valence-electron chi connectivity index (χ0n) is 11.5. The molecule has 3 aromatic rings. The Bertz CT molecular complexity index is 703. The Labute approximate surface area is 118 Å². The molecule has 3 N–H and O–H groups in total. The van der Waals surface area contributed by atoms with E-state index >= 15 is 0 Å². The number of hydrogen-bond donors (Lipinski definition) is 2. The number of hydrogen-bond acceptors (Lipinski definition) is 3. The predicted octanol–water partition coefficient (Wildman–Crippen LogP) is 2.82. The molecule has 1 heterocycles. The molecular formula is C16H18N4. The van der Waals surface area contributed by atoms with Crippen LogP contribution in [0, 0.1) is 0 Å². The van der Waals surface area contributed by atoms with Gasteiger partial charge in [0.25, 0.3) is 0 Å². The van der Waals surface area contributed by atoms with Gasteiger partial charge in [-0.15, -0.1) is 0 Å². The van der Waals surface area contributed by atoms with Gasteiger partial charge in [-0.2, -0.15) is 5.10 Å². The van der Waals surface area contributed by atoms with Crippen molar-refractivity contribution in [3.8, 4) is 0 Å². The first kappa shape index (κ1) is 12.5. The number of nitrogens with zero attached hydrogens (tertiary/aromatic N) is 2. The van der Waals surface area contributed by atoms with Crippen molar-refractivity contribution >= 4 is 22.3 Å². The summed E-state index contributed by atoms with van der Waals surface area (Å²) in [4.78, 5) is 2.18. The summed E-state index contributed by atoms with van der Waals surface area (Å²) < 4.78 is 0. The molecule has 20 heavy (non-hydrogen) atoms. The standard InChI is InChI=1S/C16H18N4/c1-20(8-7-12-5-3-2-4-6-12)16-10-15-13(9-14(16)17)11-18-19-15/h2-6,9-11H,7-8,17H2,1H3,(H,18,19). The normalized spacial score (nSPS) is 10.8. The molecule has 0 fully saturated rings. The predicted molar refractivity (Wildman–Crippen MR) is 83.9 cm³/mol. The second-order valence-electron chi connectivity index (χ2n) is 5.03. The minimum absolute atomic E-state index is 0.787. The van der Waals surface area contributed by atoms with Crippen LogP contribution < -0.4 is 10.6 Å². The highest BCUT2D eigenvalue weighted by atomic mass is 15.1. The van der Waals surface area contributed by atoms with Crippen LogP contribution in [0.3, 0.4) is 0 Å². The number of benzene rings is 2. The molecule has 0 aliphatic carbocycles. The number of nitrogens with two attached hydrogens (primary N) is 1. The van der Waals surface area contributed by atoms with Gasteiger partial charge in [0.1, 0.15) is 0 Å². The van der Waals surface area contributed by atoms with Crippen molar-refractivity contribution in [2.45, 2.75) is 6.42 Å². The molecule has 0 amide bonds. The topological polar surface area (TPSA) is 57.9 Å². The Hall–Kier alpha value is -2.49. The SMILES string of the molecule is CN(CCc1ccccc1)c1cc2[nH]ncc2cc1N. The molecule has 0 atom stereocenters. The van der Waals surface area contributed by atoms with E-state index in [1.165, 1.54) is 5.56 Å². The third kappa shape index (κ3) is 2.45. The van der Waals surface area contributed by atoms with Gasteiger partial charge in [0, 0.05) is 19.0 Å². The van der Waals surface area contributed by atoms with Crippen LogP contribution in [0.5, 0.6) is 0 Å². The van der Waals surface area contributed by atoms with Crippen molar-refractivity contribution in [3.63, 3.8) is 0 Å². The van der Waals surface area contributed by atoms with Crippen molar-refractivity contribution < 1.29 is 0 Å². The van der Waals surface area contributed by atoms with E-state index in [0.717, 1.165) is 35.2 Å². The number of rotatable bonds is 4. The quantitative estimate of drug-likeness (QED) is 0.714. The van der Waals surface area contributed by atoms with E-state index in [0.29, 0.717) is 0 Å². The molecular weight excluding hydrogens is 248 g/mol. The maximum Gasteiger partial charge on any atom is 0.0672 e. The number of likely N-dealkylation sites (N-methyl/N-ethyl adjacent to an activating group) is 1. The fourth-order valence-electron chi connectivity index (χ4n) is 2.39. The largest absolute Gasteiger partial charge is 0.397 e. The molecule has 3 rings (SSSR count). The highest BCUT2D eigenvalue weighted by Gasteiger charge is 2.08. The molecule has 0 spiro atoms. The summed E-state index contributed by atoms with van der Waals surface area (Å²) in [6, 6.07) is 14.5. The molecule has 0 saturated heterocycles. The Morgan fingerprint density at radius 3 is 2.80 bits per heavy atom. The number of H-pyrrole nitrogens is 1. The molecule has 2 aromatic carbocycles. The molecule has 0 saturated carbocycles. The second kappa shape index (κ2) is 5.25. The van der Waals surface area contributed by atoms with Crippen LogP contribution in [0.25, 0.3) is 10.9 Å². The molecule has 102 valence electrons. The molecule has 0 aliphatic rings. The lowest BCUT2D eigenvalue weighted by Gasteiger charge is -2.21. The zero-order valence-corrected chi connectivity index (χ0v) is 11.5. The fraction of sp³-hybridized carbons (Fsp3) is 0.188. The van der Waals surface area contributed by atoms with Crippen LogP contribution in [0.1, 0.15) is 5.56 Å². The summed E-state index contributed by atoms with van der Waals surface area (Å²) in [5.74, 6) is 0. The smallest absolute Gasteiger partial charge is 0.0672 e. The molecule has 0 aliphatic heterocycles. The summed E-state index contributed by atoms with van der Waals surface area (Å²) >= 11 is 0. The third-order valence-electron chi connectivity index (χ3n) is 3.58. The van der Waals surface area contributed by atoms with E-state index in [9.17, 15) is 0 Å². The van der Waals surface area contributed by atoms with Gasteiger partial charge in [0.05, 0.1) is 23.1 Å². The van der Waals surface area contributed by atoms with E-state index < -0.39 is 0 Å². The van der Waals surface area contributed by atoms with Crippen molar-refractivity contribution in [3.05, 3.63) is 54.2 Å². The maximum atomic E-state index is 6.13. The van der Waals surface area contributed by atoms with E-state index in [1.54, 1.807) is 6.20 Å². The zero-order chi connectivity index (χ0) is 13.9. The van der Waals surface area contributed by atoms with Gasteiger partial charge in [-0.1, -0.05) is 30.3 Å². The fourth-order valence-corrected chi connectivity index (χ4v) is 2.39. The summed E-state index contributed by atoms with van der Waals surface area (Å²) in [6.07, 6.45) is 2.79. The average Bonchev–Trinajstić information content (AvgIpc) is 2.92. The minimum Gasteiger partial charge on any atom is -0.397 e. The van der Waals surface area contributed by atoms with Crippen LogP contribution in [-0.2, 0) is 6.42 Å². The number of anilines is 2. The first-order valence-corrected chi connectivity index (χ1v) is 6.72. The molecule has 4 heteroatoms. The Morgan fingerprint density at radius 2 is 2.00 bits per heavy atom. The molecule has 0 bridgehead atoms. The number of aromatic amines is 1. The Balaban J connectivity index is 1.78. The van der Waals surface area contributed by atoms with Gasteiger partial charge in [-0.25, -0.2) is 0 Å². The van der Waals surface area contributed by atoms with Crippen molar-refractivity contribution in [2.75, 3.05) is 24.2 Å². The molecule has 0 radical (unpaired) electrons. The van der Waals surface area contributed by atoms with Gasteiger partial charge in [0.15, 0.2) is 0 Å². The number of aromatic nitrogens is 2. The summed E-state index contributed by atoms with van der Waals surface area (Å²) in [7, 11) is 2.07. The van der Waals surface area contributed by atoms with Crippen molar-refractivity contribution in [2.24, 2.45) is 0 Å². The lowest BCUT2D eigenvalue weighted by molar-refractivity contribution is 0.878. The number of fused-ring (bicyclic) bond motifs is 1. The van der Waals surface area contributed by atoms with Gasteiger partial charge >= 0.3 is 0 Å². The summed E-state index contributed by atoms with van der Waals surface area (Å²) in [5.41, 5.74) is 10.3. The monoisotopic (exact) mass is 266 g/mol. The Morgan fingerprint density at radius 1 is 1.20 bits per heavy atom. The Kier molecular flexibility index (Phi) is 3.29. The highest BCUT2D eigenvalue weighted by molar-refractivity contribution is 5.88. The minimum atomic E-state index is 0.787. The lowest BCUT2D eigenvalue weighted by Crippen LogP contribution is -2.21. The first-order valence-electron chi connectivity index (χ1n) is 6.72. The van der Waals surface area contributed by atoms with Gasteiger partial charge in [0.2, 0.25) is 0 Å². The average molecular weight is 266 g/mol. The lowest BCUT2D eigenvalue weighted by atomic mass is 10.1. The van der Waals surface area contributed by atoms with Crippen molar-refractivity contribution in [1.29, 1.82) is 0 Å². The van der Waals surface area contributed by atoms with Gasteiger partial charge in [-0.3, -0.25) is 5.10 Å². The van der Waals surface area contributed by atoms with Crippen LogP contribution in [0.2, 0.25) is 0 Å². The van der Waals surface area contributed by atoms with E-state index in [4.69, 9.17) is 5.73 Å². The molecule has 4 nitrogen and oxygen atoms in total. The van der Waals surface area contributed by atoms with E-state index in [-0.39, 0.29) is 0 Å².